The van der Waals surface area contributed by atoms with E-state index in [4.69, 9.17) is 0 Å². The van der Waals surface area contributed by atoms with E-state index < -0.39 is 0 Å². The van der Waals surface area contributed by atoms with Crippen LogP contribution in [-0.2, 0) is 0 Å². The summed E-state index contributed by atoms with van der Waals surface area (Å²) in [6, 6.07) is 15.8. The Balaban J connectivity index is 1.38. The minimum absolute atomic E-state index is 0.599. The van der Waals surface area contributed by atoms with Gasteiger partial charge in [0.15, 0.2) is 5.82 Å². The molecule has 4 heteroatoms. The van der Waals surface area contributed by atoms with Crippen LogP contribution in [-0.4, -0.2) is 28.3 Å². The Kier molecular flexibility index (Phi) is 3.68. The van der Waals surface area contributed by atoms with Crippen LogP contribution in [0.3, 0.4) is 0 Å². The third kappa shape index (κ3) is 2.65. The molecule has 0 bridgehead atoms. The number of hydrogen-bond acceptors (Lipinski definition) is 3. The second-order valence-corrected chi connectivity index (χ2v) is 7.85. The minimum Gasteiger partial charge on any atom is -0.317 e. The average molecular weight is 344 g/mol. The molecule has 1 saturated heterocycles. The van der Waals surface area contributed by atoms with E-state index in [-0.39, 0.29) is 0 Å². The second kappa shape index (κ2) is 6.06. The molecule has 1 spiro atoms. The zero-order chi connectivity index (χ0) is 17.6. The maximum atomic E-state index is 4.24. The number of benzene rings is 2. The molecule has 4 nitrogen and oxygen atoms in total. The van der Waals surface area contributed by atoms with Gasteiger partial charge in [-0.05, 0) is 78.9 Å². The minimum atomic E-state index is 0.599. The molecular formula is C22H24N4. The summed E-state index contributed by atoms with van der Waals surface area (Å²) in [6.45, 7) is 4.53. The predicted molar refractivity (Wildman–Crippen MR) is 104 cm³/mol. The molecule has 0 unspecified atom stereocenters. The SMILES string of the molecule is Cc1cc(-c2ncn[nH]2)ccc1-c1ccc([C@H]2CC23CCNCC3)cc1. The molecule has 1 atom stereocenters. The zero-order valence-electron chi connectivity index (χ0n) is 15.1. The van der Waals surface area contributed by atoms with E-state index in [1.54, 1.807) is 6.33 Å². The molecule has 2 aliphatic rings. The van der Waals surface area contributed by atoms with Crippen LogP contribution in [0.5, 0.6) is 0 Å². The van der Waals surface area contributed by atoms with Gasteiger partial charge in [0.2, 0.25) is 0 Å². The third-order valence-electron chi connectivity index (χ3n) is 6.33. The van der Waals surface area contributed by atoms with E-state index in [1.807, 2.05) is 0 Å². The Bertz CT molecular complexity index is 906. The summed E-state index contributed by atoms with van der Waals surface area (Å²) in [6.07, 6.45) is 5.59. The van der Waals surface area contributed by atoms with Crippen molar-refractivity contribution in [2.75, 3.05) is 13.1 Å². The maximum Gasteiger partial charge on any atom is 0.155 e. The summed E-state index contributed by atoms with van der Waals surface area (Å²) in [7, 11) is 0. The quantitative estimate of drug-likeness (QED) is 0.745. The van der Waals surface area contributed by atoms with Gasteiger partial charge in [-0.25, -0.2) is 4.98 Å². The molecular weight excluding hydrogens is 320 g/mol. The van der Waals surface area contributed by atoms with E-state index in [0.29, 0.717) is 5.41 Å². The van der Waals surface area contributed by atoms with Gasteiger partial charge >= 0.3 is 0 Å². The van der Waals surface area contributed by atoms with E-state index in [2.05, 4.69) is 69.9 Å². The third-order valence-corrected chi connectivity index (χ3v) is 6.33. The summed E-state index contributed by atoms with van der Waals surface area (Å²) < 4.78 is 0. The van der Waals surface area contributed by atoms with Gasteiger partial charge in [0.25, 0.3) is 0 Å². The number of nitrogens with one attached hydrogen (secondary N) is 2. The molecule has 3 aromatic rings. The van der Waals surface area contributed by atoms with Gasteiger partial charge in [0.05, 0.1) is 0 Å². The Labute approximate surface area is 154 Å². The van der Waals surface area contributed by atoms with Crippen LogP contribution in [0.2, 0.25) is 0 Å². The van der Waals surface area contributed by atoms with E-state index in [1.165, 1.54) is 54.6 Å². The van der Waals surface area contributed by atoms with Gasteiger partial charge in [-0.2, -0.15) is 5.10 Å². The van der Waals surface area contributed by atoms with Crippen molar-refractivity contribution < 1.29 is 0 Å². The highest BCUT2D eigenvalue weighted by Gasteiger charge is 2.54. The van der Waals surface area contributed by atoms with Gasteiger partial charge in [0.1, 0.15) is 6.33 Å². The number of aryl methyl sites for hydroxylation is 1. The van der Waals surface area contributed by atoms with Gasteiger partial charge < -0.3 is 5.32 Å². The van der Waals surface area contributed by atoms with Crippen molar-refractivity contribution in [3.05, 3.63) is 59.9 Å². The molecule has 2 aromatic carbocycles. The number of nitrogens with zero attached hydrogens (tertiary/aromatic N) is 2. The molecule has 0 radical (unpaired) electrons. The fraction of sp³-hybridized carbons (Fsp3) is 0.364. The molecule has 0 amide bonds. The molecule has 1 aliphatic carbocycles. The Morgan fingerprint density at radius 3 is 2.46 bits per heavy atom. The number of hydrogen-bond donors (Lipinski definition) is 2. The highest BCUT2D eigenvalue weighted by molar-refractivity contribution is 5.71. The molecule has 26 heavy (non-hydrogen) atoms. The first-order valence-corrected chi connectivity index (χ1v) is 9.53. The summed E-state index contributed by atoms with van der Waals surface area (Å²) in [5.74, 6) is 1.59. The van der Waals surface area contributed by atoms with Gasteiger partial charge in [-0.3, -0.25) is 5.10 Å². The molecule has 5 rings (SSSR count). The van der Waals surface area contributed by atoms with Crippen molar-refractivity contribution in [1.29, 1.82) is 0 Å². The summed E-state index contributed by atoms with van der Waals surface area (Å²) >= 11 is 0. The van der Waals surface area contributed by atoms with Crippen molar-refractivity contribution >= 4 is 0 Å². The average Bonchev–Trinajstić information content (AvgIpc) is 3.10. The Morgan fingerprint density at radius 1 is 1.00 bits per heavy atom. The lowest BCUT2D eigenvalue weighted by atomic mass is 9.89. The lowest BCUT2D eigenvalue weighted by Crippen LogP contribution is -2.29. The van der Waals surface area contributed by atoms with Crippen LogP contribution in [0.25, 0.3) is 22.5 Å². The maximum absolute atomic E-state index is 4.24. The van der Waals surface area contributed by atoms with Gasteiger partial charge in [-0.1, -0.05) is 36.4 Å². The van der Waals surface area contributed by atoms with Crippen molar-refractivity contribution in [3.63, 3.8) is 0 Å². The topological polar surface area (TPSA) is 53.6 Å². The summed E-state index contributed by atoms with van der Waals surface area (Å²) in [5.41, 5.74) is 7.02. The lowest BCUT2D eigenvalue weighted by molar-refractivity contribution is 0.342. The standard InChI is InChI=1S/C22H24N4/c1-15-12-18(21-24-14-25-26-21)6-7-19(15)16-2-4-17(5-3-16)20-13-22(20)8-10-23-11-9-22/h2-7,12,14,20,23H,8-11,13H2,1H3,(H,24,25,26)/t20-/m1/s1. The molecule has 2 heterocycles. The smallest absolute Gasteiger partial charge is 0.155 e. The molecule has 132 valence electrons. The van der Waals surface area contributed by atoms with Crippen molar-refractivity contribution in [3.8, 4) is 22.5 Å². The first-order chi connectivity index (χ1) is 12.8. The van der Waals surface area contributed by atoms with Crippen molar-refractivity contribution in [2.24, 2.45) is 5.41 Å². The normalized spacial score (nSPS) is 21.0. The van der Waals surface area contributed by atoms with Crippen molar-refractivity contribution in [2.45, 2.75) is 32.1 Å². The molecule has 1 saturated carbocycles. The highest BCUT2D eigenvalue weighted by atomic mass is 15.2. The second-order valence-electron chi connectivity index (χ2n) is 7.85. The monoisotopic (exact) mass is 344 g/mol. The summed E-state index contributed by atoms with van der Waals surface area (Å²) in [5, 5.41) is 10.4. The number of H-pyrrole nitrogens is 1. The number of rotatable bonds is 3. The number of piperidine rings is 1. The Hall–Kier alpha value is -2.46. The fourth-order valence-electron chi connectivity index (χ4n) is 4.67. The van der Waals surface area contributed by atoms with Crippen LogP contribution in [0.15, 0.2) is 48.8 Å². The number of aromatic amines is 1. The molecule has 1 aromatic heterocycles. The summed E-state index contributed by atoms with van der Waals surface area (Å²) in [4.78, 5) is 4.24. The van der Waals surface area contributed by atoms with E-state index in [0.717, 1.165) is 17.3 Å². The largest absolute Gasteiger partial charge is 0.317 e. The molecule has 2 N–H and O–H groups in total. The first kappa shape index (κ1) is 15.8. The lowest BCUT2D eigenvalue weighted by Gasteiger charge is -2.23. The predicted octanol–water partition coefficient (Wildman–Crippen LogP) is 4.30. The van der Waals surface area contributed by atoms with Crippen LogP contribution in [0.4, 0.5) is 0 Å². The first-order valence-electron chi connectivity index (χ1n) is 9.53. The van der Waals surface area contributed by atoms with Crippen LogP contribution < -0.4 is 5.32 Å². The van der Waals surface area contributed by atoms with Crippen LogP contribution in [0.1, 0.15) is 36.3 Å². The van der Waals surface area contributed by atoms with Gasteiger partial charge in [-0.15, -0.1) is 0 Å². The molecule has 2 fully saturated rings. The van der Waals surface area contributed by atoms with E-state index >= 15 is 0 Å². The zero-order valence-corrected chi connectivity index (χ0v) is 15.1. The molecule has 1 aliphatic heterocycles. The van der Waals surface area contributed by atoms with E-state index in [9.17, 15) is 0 Å². The van der Waals surface area contributed by atoms with Crippen molar-refractivity contribution in [1.82, 2.24) is 20.5 Å². The fourth-order valence-corrected chi connectivity index (χ4v) is 4.67. The highest BCUT2D eigenvalue weighted by Crippen LogP contribution is 2.64. The van der Waals surface area contributed by atoms with Gasteiger partial charge in [0, 0.05) is 5.56 Å². The number of aromatic nitrogens is 3. The van der Waals surface area contributed by atoms with Crippen LogP contribution in [0, 0.1) is 12.3 Å². The Morgan fingerprint density at radius 2 is 1.77 bits per heavy atom. The van der Waals surface area contributed by atoms with Crippen LogP contribution >= 0.6 is 0 Å².